The van der Waals surface area contributed by atoms with E-state index in [4.69, 9.17) is 14.2 Å². The monoisotopic (exact) mass is 355 g/mol. The molecule has 3 rings (SSSR count). The molecule has 0 aromatic heterocycles. The summed E-state index contributed by atoms with van der Waals surface area (Å²) in [6.07, 6.45) is 0.0439. The van der Waals surface area contributed by atoms with Gasteiger partial charge in [0.2, 0.25) is 0 Å². The van der Waals surface area contributed by atoms with Crippen LogP contribution in [-0.2, 0) is 4.74 Å². The third kappa shape index (κ3) is 3.01. The molecule has 1 aromatic carbocycles. The summed E-state index contributed by atoms with van der Waals surface area (Å²) < 4.78 is 16.7. The van der Waals surface area contributed by atoms with Crippen molar-refractivity contribution in [1.29, 1.82) is 0 Å². The van der Waals surface area contributed by atoms with Crippen LogP contribution < -0.4 is 9.47 Å². The van der Waals surface area contributed by atoms with Gasteiger partial charge in [-0.1, -0.05) is 15.9 Å². The van der Waals surface area contributed by atoms with Crippen LogP contribution in [0.5, 0.6) is 11.5 Å². The molecule has 114 valence electrons. The van der Waals surface area contributed by atoms with E-state index in [-0.39, 0.29) is 18.1 Å². The number of alkyl halides is 1. The van der Waals surface area contributed by atoms with Crippen molar-refractivity contribution in [3.63, 3.8) is 0 Å². The lowest BCUT2D eigenvalue weighted by molar-refractivity contribution is -0.0361. The van der Waals surface area contributed by atoms with Gasteiger partial charge in [0.15, 0.2) is 11.5 Å². The van der Waals surface area contributed by atoms with Crippen LogP contribution in [0.25, 0.3) is 0 Å². The molecule has 0 bridgehead atoms. The van der Waals surface area contributed by atoms with Gasteiger partial charge in [0.25, 0.3) is 5.91 Å². The van der Waals surface area contributed by atoms with Crippen LogP contribution in [0.4, 0.5) is 0 Å². The van der Waals surface area contributed by atoms with Gasteiger partial charge in [-0.3, -0.25) is 4.79 Å². The topological polar surface area (TPSA) is 48.0 Å². The largest absolute Gasteiger partial charge is 0.486 e. The summed E-state index contributed by atoms with van der Waals surface area (Å²) in [5, 5.41) is 0.727. The zero-order chi connectivity index (χ0) is 14.8. The molecule has 2 aliphatic heterocycles. The fourth-order valence-electron chi connectivity index (χ4n) is 2.54. The Morgan fingerprint density at radius 3 is 2.86 bits per heavy atom. The Labute approximate surface area is 132 Å². The normalized spacial score (nSPS) is 24.8. The average Bonchev–Trinajstić information content (AvgIpc) is 2.54. The SMILES string of the molecule is CC1COC(CBr)CN1C(=O)c1ccc2c(c1)OCCO2. The molecule has 1 aromatic rings. The lowest BCUT2D eigenvalue weighted by Crippen LogP contribution is -2.51. The second-order valence-corrected chi connectivity index (χ2v) is 5.92. The Balaban J connectivity index is 1.80. The smallest absolute Gasteiger partial charge is 0.254 e. The fourth-order valence-corrected chi connectivity index (χ4v) is 2.93. The van der Waals surface area contributed by atoms with Gasteiger partial charge in [0.1, 0.15) is 13.2 Å². The van der Waals surface area contributed by atoms with Crippen molar-refractivity contribution in [2.45, 2.75) is 19.1 Å². The maximum atomic E-state index is 12.7. The Bertz CT molecular complexity index is 536. The molecule has 6 heteroatoms. The van der Waals surface area contributed by atoms with Gasteiger partial charge in [-0.05, 0) is 25.1 Å². The standard InChI is InChI=1S/C15H18BrNO4/c1-10-9-21-12(7-16)8-17(10)15(18)11-2-3-13-14(6-11)20-5-4-19-13/h2-3,6,10,12H,4-5,7-9H2,1H3. The van der Waals surface area contributed by atoms with Crippen molar-refractivity contribution in [3.05, 3.63) is 23.8 Å². The molecule has 0 radical (unpaired) electrons. The Morgan fingerprint density at radius 1 is 1.33 bits per heavy atom. The zero-order valence-electron chi connectivity index (χ0n) is 11.9. The van der Waals surface area contributed by atoms with E-state index in [1.807, 2.05) is 11.8 Å². The maximum absolute atomic E-state index is 12.7. The third-order valence-corrected chi connectivity index (χ3v) is 4.45. The maximum Gasteiger partial charge on any atom is 0.254 e. The summed E-state index contributed by atoms with van der Waals surface area (Å²) in [7, 11) is 0. The van der Waals surface area contributed by atoms with Gasteiger partial charge >= 0.3 is 0 Å². The minimum atomic E-state index is 0.00808. The predicted octanol–water partition coefficient (Wildman–Crippen LogP) is 2.08. The van der Waals surface area contributed by atoms with E-state index in [2.05, 4.69) is 15.9 Å². The number of nitrogens with zero attached hydrogens (tertiary/aromatic N) is 1. The van der Waals surface area contributed by atoms with Gasteiger partial charge in [0.05, 0.1) is 18.8 Å². The molecule has 1 saturated heterocycles. The minimum absolute atomic E-state index is 0.00808. The van der Waals surface area contributed by atoms with Crippen molar-refractivity contribution >= 4 is 21.8 Å². The van der Waals surface area contributed by atoms with Crippen molar-refractivity contribution in [1.82, 2.24) is 4.90 Å². The number of carbonyl (C=O) groups excluding carboxylic acids is 1. The number of hydrogen-bond acceptors (Lipinski definition) is 4. The Morgan fingerprint density at radius 2 is 2.10 bits per heavy atom. The molecular formula is C15H18BrNO4. The summed E-state index contributed by atoms with van der Waals surface area (Å²) in [6, 6.07) is 5.43. The predicted molar refractivity (Wildman–Crippen MR) is 81.5 cm³/mol. The van der Waals surface area contributed by atoms with Crippen LogP contribution in [0.2, 0.25) is 0 Å². The molecule has 2 atom stereocenters. The lowest BCUT2D eigenvalue weighted by Gasteiger charge is -2.37. The van der Waals surface area contributed by atoms with E-state index in [9.17, 15) is 4.79 Å². The first-order valence-electron chi connectivity index (χ1n) is 7.07. The highest BCUT2D eigenvalue weighted by molar-refractivity contribution is 9.09. The number of morpholine rings is 1. The molecule has 2 aliphatic rings. The van der Waals surface area contributed by atoms with E-state index in [0.717, 1.165) is 5.33 Å². The molecule has 1 fully saturated rings. The molecule has 5 nitrogen and oxygen atoms in total. The highest BCUT2D eigenvalue weighted by Gasteiger charge is 2.30. The van der Waals surface area contributed by atoms with E-state index in [1.54, 1.807) is 18.2 Å². The highest BCUT2D eigenvalue weighted by atomic mass is 79.9. The first-order chi connectivity index (χ1) is 10.2. The number of benzene rings is 1. The molecule has 0 aliphatic carbocycles. The van der Waals surface area contributed by atoms with E-state index in [1.165, 1.54) is 0 Å². The summed E-state index contributed by atoms with van der Waals surface area (Å²) in [5.41, 5.74) is 0.626. The van der Waals surface area contributed by atoms with Crippen LogP contribution >= 0.6 is 15.9 Å². The van der Waals surface area contributed by atoms with E-state index >= 15 is 0 Å². The molecule has 0 saturated carbocycles. The van der Waals surface area contributed by atoms with Crippen LogP contribution in [0.3, 0.4) is 0 Å². The van der Waals surface area contributed by atoms with Crippen molar-refractivity contribution in [2.24, 2.45) is 0 Å². The summed E-state index contributed by atoms with van der Waals surface area (Å²) >= 11 is 3.41. The molecule has 1 amide bonds. The molecule has 2 heterocycles. The third-order valence-electron chi connectivity index (χ3n) is 3.73. The number of carbonyl (C=O) groups is 1. The highest BCUT2D eigenvalue weighted by Crippen LogP contribution is 2.31. The van der Waals surface area contributed by atoms with Gasteiger partial charge in [-0.2, -0.15) is 0 Å². The van der Waals surface area contributed by atoms with Crippen LogP contribution in [-0.4, -0.2) is 54.6 Å². The molecule has 21 heavy (non-hydrogen) atoms. The van der Waals surface area contributed by atoms with Crippen LogP contribution in [0, 0.1) is 0 Å². The van der Waals surface area contributed by atoms with Crippen LogP contribution in [0.1, 0.15) is 17.3 Å². The van der Waals surface area contributed by atoms with Crippen molar-refractivity contribution in [2.75, 3.05) is 31.7 Å². The van der Waals surface area contributed by atoms with E-state index in [0.29, 0.717) is 43.4 Å². The molecule has 2 unspecified atom stereocenters. The second-order valence-electron chi connectivity index (χ2n) is 5.27. The van der Waals surface area contributed by atoms with Gasteiger partial charge in [-0.15, -0.1) is 0 Å². The molecule has 0 N–H and O–H groups in total. The quantitative estimate of drug-likeness (QED) is 0.762. The summed E-state index contributed by atoms with van der Waals surface area (Å²) in [6.45, 7) is 4.23. The zero-order valence-corrected chi connectivity index (χ0v) is 13.5. The summed E-state index contributed by atoms with van der Waals surface area (Å²) in [4.78, 5) is 14.6. The van der Waals surface area contributed by atoms with Gasteiger partial charge < -0.3 is 19.1 Å². The minimum Gasteiger partial charge on any atom is -0.486 e. The van der Waals surface area contributed by atoms with Crippen molar-refractivity contribution in [3.8, 4) is 11.5 Å². The number of ether oxygens (including phenoxy) is 3. The molecular weight excluding hydrogens is 338 g/mol. The number of rotatable bonds is 2. The second kappa shape index (κ2) is 6.23. The Kier molecular flexibility index (Phi) is 4.35. The number of halogens is 1. The van der Waals surface area contributed by atoms with Crippen LogP contribution in [0.15, 0.2) is 18.2 Å². The van der Waals surface area contributed by atoms with Crippen molar-refractivity contribution < 1.29 is 19.0 Å². The lowest BCUT2D eigenvalue weighted by atomic mass is 10.1. The summed E-state index contributed by atoms with van der Waals surface area (Å²) in [5.74, 6) is 1.35. The molecule has 0 spiro atoms. The number of hydrogen-bond donors (Lipinski definition) is 0. The number of amides is 1. The van der Waals surface area contributed by atoms with Gasteiger partial charge in [-0.25, -0.2) is 0 Å². The fraction of sp³-hybridized carbons (Fsp3) is 0.533. The average molecular weight is 356 g/mol. The first kappa shape index (κ1) is 14.7. The van der Waals surface area contributed by atoms with Gasteiger partial charge in [0, 0.05) is 17.4 Å². The number of fused-ring (bicyclic) bond motifs is 1. The van der Waals surface area contributed by atoms with E-state index < -0.39 is 0 Å². The first-order valence-corrected chi connectivity index (χ1v) is 8.19. The Hall–Kier alpha value is -1.27.